The lowest BCUT2D eigenvalue weighted by Gasteiger charge is -2.45. The van der Waals surface area contributed by atoms with Gasteiger partial charge in [-0.3, -0.25) is 9.59 Å². The zero-order valence-electron chi connectivity index (χ0n) is 17.8. The summed E-state index contributed by atoms with van der Waals surface area (Å²) in [5, 5.41) is 4.19. The lowest BCUT2D eigenvalue weighted by atomic mass is 9.90. The summed E-state index contributed by atoms with van der Waals surface area (Å²) in [6, 6.07) is 13.7. The fourth-order valence-electron chi connectivity index (χ4n) is 3.96. The molecule has 1 aliphatic heterocycles. The molecule has 0 radical (unpaired) electrons. The van der Waals surface area contributed by atoms with Crippen LogP contribution >= 0.6 is 23.2 Å². The van der Waals surface area contributed by atoms with Gasteiger partial charge in [0.1, 0.15) is 18.8 Å². The van der Waals surface area contributed by atoms with E-state index in [1.807, 2.05) is 38.1 Å². The van der Waals surface area contributed by atoms with E-state index in [0.717, 1.165) is 24.0 Å². The van der Waals surface area contributed by atoms with E-state index in [9.17, 15) is 9.59 Å². The molecule has 5 nitrogen and oxygen atoms in total. The third-order valence-electron chi connectivity index (χ3n) is 5.42. The number of nitrogens with zero attached hydrogens (tertiary/aromatic N) is 1. The van der Waals surface area contributed by atoms with Crippen molar-refractivity contribution in [3.63, 3.8) is 0 Å². The Morgan fingerprint density at radius 1 is 1.03 bits per heavy atom. The van der Waals surface area contributed by atoms with E-state index in [1.165, 1.54) is 0 Å². The number of amides is 2. The van der Waals surface area contributed by atoms with Crippen molar-refractivity contribution in [2.24, 2.45) is 0 Å². The molecule has 2 amide bonds. The molecular weight excluding hydrogens is 435 g/mol. The second-order valence-corrected chi connectivity index (χ2v) is 8.55. The van der Waals surface area contributed by atoms with E-state index in [2.05, 4.69) is 5.32 Å². The van der Waals surface area contributed by atoms with Crippen LogP contribution in [0.4, 0.5) is 0 Å². The Labute approximate surface area is 193 Å². The summed E-state index contributed by atoms with van der Waals surface area (Å²) in [5.74, 6) is -0.331. The highest BCUT2D eigenvalue weighted by molar-refractivity contribution is 6.30. The third kappa shape index (κ3) is 5.59. The van der Waals surface area contributed by atoms with E-state index in [0.29, 0.717) is 23.0 Å². The first-order valence-corrected chi connectivity index (χ1v) is 11.4. The molecule has 0 saturated carbocycles. The molecule has 1 fully saturated rings. The lowest BCUT2D eigenvalue weighted by molar-refractivity contribution is -0.167. The van der Waals surface area contributed by atoms with Crippen LogP contribution in [0.25, 0.3) is 0 Å². The minimum absolute atomic E-state index is 0.0847. The summed E-state index contributed by atoms with van der Waals surface area (Å²) >= 11 is 12.2. The predicted molar refractivity (Wildman–Crippen MR) is 123 cm³/mol. The predicted octanol–water partition coefficient (Wildman–Crippen LogP) is 5.33. The van der Waals surface area contributed by atoms with Crippen molar-refractivity contribution in [1.82, 2.24) is 10.2 Å². The monoisotopic (exact) mass is 462 g/mol. The largest absolute Gasteiger partial charge is 0.361 e. The Kier molecular flexibility index (Phi) is 8.35. The fourth-order valence-corrected chi connectivity index (χ4v) is 4.21. The third-order valence-corrected chi connectivity index (χ3v) is 5.92. The molecular formula is C24H28Cl2N2O3. The molecule has 1 heterocycles. The number of hydrogen-bond donors (Lipinski definition) is 1. The number of morpholine rings is 1. The average molecular weight is 463 g/mol. The zero-order chi connectivity index (χ0) is 22.4. The molecule has 1 N–H and O–H groups in total. The number of halogens is 2. The smallest absolute Gasteiger partial charge is 0.249 e. The molecule has 166 valence electrons. The summed E-state index contributed by atoms with van der Waals surface area (Å²) in [6.07, 6.45) is 1.73. The molecule has 1 aliphatic rings. The van der Waals surface area contributed by atoms with E-state index in [4.69, 9.17) is 27.9 Å². The second-order valence-electron chi connectivity index (χ2n) is 7.68. The number of rotatable bonds is 8. The van der Waals surface area contributed by atoms with Crippen molar-refractivity contribution in [3.8, 4) is 0 Å². The Morgan fingerprint density at radius 3 is 2.16 bits per heavy atom. The molecule has 0 aliphatic carbocycles. The van der Waals surface area contributed by atoms with Crippen LogP contribution in [-0.4, -0.2) is 35.9 Å². The maximum Gasteiger partial charge on any atom is 0.249 e. The van der Waals surface area contributed by atoms with Crippen molar-refractivity contribution < 1.29 is 14.3 Å². The van der Waals surface area contributed by atoms with Crippen molar-refractivity contribution in [2.75, 3.05) is 13.2 Å². The van der Waals surface area contributed by atoms with Gasteiger partial charge in [-0.15, -0.1) is 0 Å². The Balaban J connectivity index is 2.07. The van der Waals surface area contributed by atoms with Gasteiger partial charge in [0.2, 0.25) is 11.8 Å². The second kappa shape index (κ2) is 11.0. The van der Waals surface area contributed by atoms with Crippen molar-refractivity contribution in [2.45, 2.75) is 51.3 Å². The van der Waals surface area contributed by atoms with E-state index in [-0.39, 0.29) is 18.4 Å². The van der Waals surface area contributed by atoms with Crippen LogP contribution in [0, 0.1) is 0 Å². The molecule has 1 unspecified atom stereocenters. The van der Waals surface area contributed by atoms with Gasteiger partial charge >= 0.3 is 0 Å². The first kappa shape index (κ1) is 23.6. The summed E-state index contributed by atoms with van der Waals surface area (Å²) in [7, 11) is 0. The van der Waals surface area contributed by atoms with Crippen LogP contribution < -0.4 is 5.32 Å². The Morgan fingerprint density at radius 2 is 1.61 bits per heavy atom. The van der Waals surface area contributed by atoms with Crippen LogP contribution in [0.15, 0.2) is 48.5 Å². The molecule has 3 atom stereocenters. The lowest BCUT2D eigenvalue weighted by Crippen LogP contribution is -2.56. The fraction of sp³-hybridized carbons (Fsp3) is 0.417. The normalized spacial score (nSPS) is 19.9. The van der Waals surface area contributed by atoms with Crippen LogP contribution in [0.5, 0.6) is 0 Å². The van der Waals surface area contributed by atoms with Gasteiger partial charge in [0.25, 0.3) is 0 Å². The van der Waals surface area contributed by atoms with Gasteiger partial charge in [-0.25, -0.2) is 0 Å². The number of carbonyl (C=O) groups is 2. The first-order chi connectivity index (χ1) is 15.0. The summed E-state index contributed by atoms with van der Waals surface area (Å²) in [5.41, 5.74) is 1.76. The maximum absolute atomic E-state index is 13.1. The minimum Gasteiger partial charge on any atom is -0.361 e. The summed E-state index contributed by atoms with van der Waals surface area (Å²) in [6.45, 7) is 4.50. The van der Waals surface area contributed by atoms with Crippen molar-refractivity contribution in [3.05, 3.63) is 69.7 Å². The van der Waals surface area contributed by atoms with Gasteiger partial charge in [-0.1, -0.05) is 67.7 Å². The molecule has 1 saturated heterocycles. The SMILES string of the molecule is CCCNC(=O)C(CCC)N1C(=O)CO[C@H](c2ccc(Cl)cc2)[C@@H]1c1ccc(Cl)cc1. The van der Waals surface area contributed by atoms with Gasteiger partial charge in [0, 0.05) is 16.6 Å². The van der Waals surface area contributed by atoms with Gasteiger partial charge in [-0.05, 0) is 48.2 Å². The standard InChI is InChI=1S/C24H28Cl2N2O3/c1-3-5-20(24(30)27-14-4-2)28-21(29)15-31-23(17-8-12-19(26)13-9-17)22(28)16-6-10-18(25)11-7-16/h6-13,20,22-23H,3-5,14-15H2,1-2H3,(H,27,30)/t20?,22-,23+/m0/s1. The highest BCUT2D eigenvalue weighted by Gasteiger charge is 2.43. The van der Waals surface area contributed by atoms with Gasteiger partial charge < -0.3 is 15.0 Å². The zero-order valence-corrected chi connectivity index (χ0v) is 19.3. The number of benzene rings is 2. The van der Waals surface area contributed by atoms with Gasteiger partial charge in [-0.2, -0.15) is 0 Å². The molecule has 3 rings (SSSR count). The number of carbonyl (C=O) groups excluding carboxylic acids is 2. The number of nitrogens with one attached hydrogen (secondary N) is 1. The Hall–Kier alpha value is -2.08. The topological polar surface area (TPSA) is 58.6 Å². The molecule has 0 aromatic heterocycles. The van der Waals surface area contributed by atoms with Gasteiger partial charge in [0.15, 0.2) is 0 Å². The van der Waals surface area contributed by atoms with Crippen molar-refractivity contribution >= 4 is 35.0 Å². The van der Waals surface area contributed by atoms with Crippen LogP contribution in [0.2, 0.25) is 10.0 Å². The van der Waals surface area contributed by atoms with E-state index >= 15 is 0 Å². The van der Waals surface area contributed by atoms with Crippen LogP contribution in [0.1, 0.15) is 56.4 Å². The molecule has 0 bridgehead atoms. The van der Waals surface area contributed by atoms with E-state index in [1.54, 1.807) is 29.2 Å². The molecule has 0 spiro atoms. The molecule has 7 heteroatoms. The van der Waals surface area contributed by atoms with Crippen molar-refractivity contribution in [1.29, 1.82) is 0 Å². The quantitative estimate of drug-likeness (QED) is 0.576. The van der Waals surface area contributed by atoms with Gasteiger partial charge in [0.05, 0.1) is 6.04 Å². The summed E-state index contributed by atoms with van der Waals surface area (Å²) in [4.78, 5) is 27.9. The molecule has 2 aromatic carbocycles. The first-order valence-electron chi connectivity index (χ1n) is 10.7. The number of hydrogen-bond acceptors (Lipinski definition) is 3. The highest BCUT2D eigenvalue weighted by Crippen LogP contribution is 2.42. The minimum atomic E-state index is -0.580. The average Bonchev–Trinajstić information content (AvgIpc) is 2.77. The van der Waals surface area contributed by atoms with Crippen LogP contribution in [0.3, 0.4) is 0 Å². The molecule has 31 heavy (non-hydrogen) atoms. The summed E-state index contributed by atoms with van der Waals surface area (Å²) < 4.78 is 6.03. The Bertz CT molecular complexity index is 887. The highest BCUT2D eigenvalue weighted by atomic mass is 35.5. The van der Waals surface area contributed by atoms with E-state index < -0.39 is 18.2 Å². The molecule has 2 aromatic rings. The number of ether oxygens (including phenoxy) is 1. The maximum atomic E-state index is 13.1. The van der Waals surface area contributed by atoms with Crippen LogP contribution in [-0.2, 0) is 14.3 Å².